The summed E-state index contributed by atoms with van der Waals surface area (Å²) < 4.78 is 5.62. The number of carbonyl (C=O) groups is 1. The number of carbonyl (C=O) groups excluding carboxylic acids is 1. The minimum Gasteiger partial charge on any atom is -0.461 e. The van der Waals surface area contributed by atoms with Crippen molar-refractivity contribution in [3.05, 3.63) is 39.7 Å². The molecule has 3 nitrogen and oxygen atoms in total. The molecule has 72 valence electrons. The molecule has 1 aromatic carbocycles. The van der Waals surface area contributed by atoms with Crippen molar-refractivity contribution in [2.45, 2.75) is 13.5 Å². The van der Waals surface area contributed by atoms with Gasteiger partial charge in [0.25, 0.3) is 0 Å². The molecule has 0 aliphatic heterocycles. The first-order valence-corrected chi connectivity index (χ1v) is 4.72. The molecule has 1 aromatic rings. The van der Waals surface area contributed by atoms with Crippen LogP contribution in [0.4, 0.5) is 5.69 Å². The van der Waals surface area contributed by atoms with Crippen molar-refractivity contribution < 1.29 is 9.53 Å². The Kier molecular flexibility index (Phi) is 3.66. The quantitative estimate of drug-likeness (QED) is 0.599. The first-order chi connectivity index (χ1) is 6.63. The third kappa shape index (κ3) is 2.86. The molecular formula is C10H8BrNO2. The molecule has 0 fully saturated rings. The Morgan fingerprint density at radius 2 is 2.36 bits per heavy atom. The third-order valence-electron chi connectivity index (χ3n) is 1.60. The van der Waals surface area contributed by atoms with Gasteiger partial charge in [0.1, 0.15) is 6.61 Å². The molecule has 0 aliphatic carbocycles. The van der Waals surface area contributed by atoms with Crippen LogP contribution in [0.5, 0.6) is 0 Å². The maximum atomic E-state index is 10.6. The van der Waals surface area contributed by atoms with Gasteiger partial charge in [-0.1, -0.05) is 28.1 Å². The SMILES string of the molecule is [C-]#[N+]c1ccc(COC(C)=O)c(Br)c1. The lowest BCUT2D eigenvalue weighted by Gasteiger charge is -2.04. The van der Waals surface area contributed by atoms with Crippen LogP contribution in [0.1, 0.15) is 12.5 Å². The van der Waals surface area contributed by atoms with E-state index in [1.807, 2.05) is 0 Å². The van der Waals surface area contributed by atoms with Crippen molar-refractivity contribution in [3.63, 3.8) is 0 Å². The molecule has 0 N–H and O–H groups in total. The second kappa shape index (κ2) is 4.77. The van der Waals surface area contributed by atoms with E-state index in [2.05, 4.69) is 20.8 Å². The smallest absolute Gasteiger partial charge is 0.302 e. The van der Waals surface area contributed by atoms with Gasteiger partial charge in [-0.3, -0.25) is 4.79 Å². The van der Waals surface area contributed by atoms with Crippen molar-refractivity contribution in [1.29, 1.82) is 0 Å². The van der Waals surface area contributed by atoms with Crippen LogP contribution >= 0.6 is 15.9 Å². The van der Waals surface area contributed by atoms with Gasteiger partial charge in [0.15, 0.2) is 5.69 Å². The van der Waals surface area contributed by atoms with Crippen LogP contribution < -0.4 is 0 Å². The predicted octanol–water partition coefficient (Wildman–Crippen LogP) is 3.06. The molecule has 0 saturated carbocycles. The van der Waals surface area contributed by atoms with Gasteiger partial charge >= 0.3 is 5.97 Å². The maximum absolute atomic E-state index is 10.6. The molecule has 0 radical (unpaired) electrons. The van der Waals surface area contributed by atoms with Crippen molar-refractivity contribution in [1.82, 2.24) is 0 Å². The highest BCUT2D eigenvalue weighted by atomic mass is 79.9. The van der Waals surface area contributed by atoms with E-state index in [1.165, 1.54) is 6.92 Å². The monoisotopic (exact) mass is 253 g/mol. The fourth-order valence-electron chi connectivity index (χ4n) is 0.902. The Labute approximate surface area is 90.6 Å². The van der Waals surface area contributed by atoms with Gasteiger partial charge in [0.05, 0.1) is 6.57 Å². The predicted molar refractivity (Wildman–Crippen MR) is 55.9 cm³/mol. The number of ether oxygens (including phenoxy) is 1. The largest absolute Gasteiger partial charge is 0.461 e. The van der Waals surface area contributed by atoms with Gasteiger partial charge in [-0.05, 0) is 6.07 Å². The highest BCUT2D eigenvalue weighted by molar-refractivity contribution is 9.10. The van der Waals surface area contributed by atoms with E-state index in [0.717, 1.165) is 10.0 Å². The maximum Gasteiger partial charge on any atom is 0.302 e. The van der Waals surface area contributed by atoms with Crippen LogP contribution in [0, 0.1) is 6.57 Å². The van der Waals surface area contributed by atoms with Crippen LogP contribution in [0.15, 0.2) is 22.7 Å². The summed E-state index contributed by atoms with van der Waals surface area (Å²) in [7, 11) is 0. The Morgan fingerprint density at radius 1 is 1.64 bits per heavy atom. The summed E-state index contributed by atoms with van der Waals surface area (Å²) in [5.74, 6) is -0.314. The third-order valence-corrected chi connectivity index (χ3v) is 2.33. The Balaban J connectivity index is 2.80. The van der Waals surface area contributed by atoms with Crippen molar-refractivity contribution in [2.24, 2.45) is 0 Å². The zero-order valence-corrected chi connectivity index (χ0v) is 9.17. The summed E-state index contributed by atoms with van der Waals surface area (Å²) in [5.41, 5.74) is 1.41. The van der Waals surface area contributed by atoms with Gasteiger partial charge in [-0.25, -0.2) is 4.85 Å². The number of hydrogen-bond donors (Lipinski definition) is 0. The summed E-state index contributed by atoms with van der Waals surface area (Å²) in [6.45, 7) is 8.39. The molecule has 0 aromatic heterocycles. The molecule has 0 spiro atoms. The van der Waals surface area contributed by atoms with E-state index in [0.29, 0.717) is 5.69 Å². The molecule has 0 aliphatic rings. The van der Waals surface area contributed by atoms with Crippen LogP contribution in [-0.4, -0.2) is 5.97 Å². The molecule has 0 bridgehead atoms. The summed E-state index contributed by atoms with van der Waals surface area (Å²) in [5, 5.41) is 0. The summed E-state index contributed by atoms with van der Waals surface area (Å²) in [4.78, 5) is 13.8. The lowest BCUT2D eigenvalue weighted by atomic mass is 10.2. The van der Waals surface area contributed by atoms with Crippen LogP contribution in [-0.2, 0) is 16.1 Å². The minimum atomic E-state index is -0.314. The number of halogens is 1. The molecule has 0 unspecified atom stereocenters. The number of benzene rings is 1. The highest BCUT2D eigenvalue weighted by Crippen LogP contribution is 2.23. The Bertz CT molecular complexity index is 396. The zero-order valence-electron chi connectivity index (χ0n) is 7.58. The molecular weight excluding hydrogens is 246 g/mol. The Morgan fingerprint density at radius 3 is 2.86 bits per heavy atom. The van der Waals surface area contributed by atoms with Crippen molar-refractivity contribution in [3.8, 4) is 0 Å². The number of esters is 1. The summed E-state index contributed by atoms with van der Waals surface area (Å²) in [6.07, 6.45) is 0. The number of hydrogen-bond acceptors (Lipinski definition) is 2. The van der Waals surface area contributed by atoms with Crippen molar-refractivity contribution >= 4 is 27.6 Å². The molecule has 0 amide bonds. The average Bonchev–Trinajstić information content (AvgIpc) is 2.15. The molecule has 0 saturated heterocycles. The normalized spacial score (nSPS) is 9.21. The van der Waals surface area contributed by atoms with Crippen LogP contribution in [0.25, 0.3) is 4.85 Å². The summed E-state index contributed by atoms with van der Waals surface area (Å²) >= 11 is 3.30. The zero-order chi connectivity index (χ0) is 10.6. The fourth-order valence-corrected chi connectivity index (χ4v) is 1.38. The second-order valence-electron chi connectivity index (χ2n) is 2.67. The first kappa shape index (κ1) is 10.7. The van der Waals surface area contributed by atoms with Gasteiger partial charge in [0, 0.05) is 17.0 Å². The standard InChI is InChI=1S/C10H8BrNO2/c1-7(13)14-6-8-3-4-9(12-2)5-10(8)11/h3-5H,6H2,1H3. The van der Waals surface area contributed by atoms with E-state index in [9.17, 15) is 4.79 Å². The average molecular weight is 254 g/mol. The number of nitrogens with zero attached hydrogens (tertiary/aromatic N) is 1. The molecule has 14 heavy (non-hydrogen) atoms. The molecule has 4 heteroatoms. The highest BCUT2D eigenvalue weighted by Gasteiger charge is 2.02. The van der Waals surface area contributed by atoms with Gasteiger partial charge in [-0.15, -0.1) is 0 Å². The fraction of sp³-hybridized carbons (Fsp3) is 0.200. The van der Waals surface area contributed by atoms with Crippen LogP contribution in [0.3, 0.4) is 0 Å². The second-order valence-corrected chi connectivity index (χ2v) is 3.52. The van der Waals surface area contributed by atoms with Gasteiger partial charge in [0.2, 0.25) is 0 Å². The lowest BCUT2D eigenvalue weighted by Crippen LogP contribution is -1.99. The minimum absolute atomic E-state index is 0.230. The first-order valence-electron chi connectivity index (χ1n) is 3.92. The number of rotatable bonds is 2. The van der Waals surface area contributed by atoms with E-state index < -0.39 is 0 Å². The summed E-state index contributed by atoms with van der Waals surface area (Å²) in [6, 6.07) is 5.16. The van der Waals surface area contributed by atoms with Gasteiger partial charge < -0.3 is 4.74 Å². The molecule has 0 atom stereocenters. The van der Waals surface area contributed by atoms with Crippen LogP contribution in [0.2, 0.25) is 0 Å². The lowest BCUT2D eigenvalue weighted by molar-refractivity contribution is -0.142. The van der Waals surface area contributed by atoms with Gasteiger partial charge in [-0.2, -0.15) is 0 Å². The van der Waals surface area contributed by atoms with E-state index >= 15 is 0 Å². The Hall–Kier alpha value is -1.34. The van der Waals surface area contributed by atoms with E-state index in [-0.39, 0.29) is 12.6 Å². The van der Waals surface area contributed by atoms with E-state index in [1.54, 1.807) is 18.2 Å². The topological polar surface area (TPSA) is 30.7 Å². The van der Waals surface area contributed by atoms with E-state index in [4.69, 9.17) is 11.3 Å². The molecule has 0 heterocycles. The molecule has 1 rings (SSSR count). The van der Waals surface area contributed by atoms with Crippen molar-refractivity contribution in [2.75, 3.05) is 0 Å².